The molecule has 0 saturated heterocycles. The number of carbonyl (C=O) groups is 1. The summed E-state index contributed by atoms with van der Waals surface area (Å²) >= 11 is 0. The Morgan fingerprint density at radius 2 is 1.88 bits per heavy atom. The van der Waals surface area contributed by atoms with Crippen LogP contribution in [0, 0.1) is 16.7 Å². The fourth-order valence-corrected chi connectivity index (χ4v) is 0.212. The van der Waals surface area contributed by atoms with E-state index in [1.807, 2.05) is 0 Å². The van der Waals surface area contributed by atoms with Crippen molar-refractivity contribution in [3.8, 4) is 0 Å². The van der Waals surface area contributed by atoms with E-state index in [2.05, 4.69) is 0 Å². The van der Waals surface area contributed by atoms with Crippen molar-refractivity contribution in [2.24, 2.45) is 11.7 Å². The quantitative estimate of drug-likeness (QED) is 0.418. The van der Waals surface area contributed by atoms with Crippen molar-refractivity contribution in [2.75, 3.05) is 0 Å². The number of amides is 1. The third-order valence-electron chi connectivity index (χ3n) is 0.688. The zero-order valence-corrected chi connectivity index (χ0v) is 4.22. The molecule has 0 aliphatic heterocycles. The number of hydrogen-bond acceptors (Lipinski definition) is 3. The Hall–Kier alpha value is -1.19. The molecule has 0 aliphatic carbocycles. The molecule has 0 saturated carbocycles. The molecular weight excluding hydrogens is 106 g/mol. The van der Waals surface area contributed by atoms with Gasteiger partial charge in [-0.1, -0.05) is 0 Å². The van der Waals surface area contributed by atoms with Crippen LogP contribution >= 0.6 is 0 Å². The van der Waals surface area contributed by atoms with Crippen LogP contribution in [0.1, 0.15) is 0 Å². The lowest BCUT2D eigenvalue weighted by atomic mass is 10.2. The molecule has 1 amide bonds. The van der Waals surface area contributed by atoms with E-state index in [0.717, 1.165) is 12.4 Å². The molecule has 0 atom stereocenters. The molecule has 0 aromatic heterocycles. The van der Waals surface area contributed by atoms with Crippen molar-refractivity contribution in [1.29, 1.82) is 10.8 Å². The largest absolute Gasteiger partial charge is 0.369 e. The summed E-state index contributed by atoms with van der Waals surface area (Å²) in [5.74, 6) is -1.48. The highest BCUT2D eigenvalue weighted by Crippen LogP contribution is 1.80. The molecule has 0 aromatic rings. The molecule has 4 N–H and O–H groups in total. The van der Waals surface area contributed by atoms with Gasteiger partial charge in [-0.3, -0.25) is 4.79 Å². The number of hydrogen-bond donors (Lipinski definition) is 3. The lowest BCUT2D eigenvalue weighted by Gasteiger charge is -1.93. The van der Waals surface area contributed by atoms with Gasteiger partial charge in [0.1, 0.15) is 5.92 Å². The first-order valence-electron chi connectivity index (χ1n) is 2.03. The second-order valence-electron chi connectivity index (χ2n) is 1.26. The summed E-state index contributed by atoms with van der Waals surface area (Å²) in [6.45, 7) is 0. The smallest absolute Gasteiger partial charge is 0.231 e. The van der Waals surface area contributed by atoms with E-state index in [9.17, 15) is 4.79 Å². The fourth-order valence-electron chi connectivity index (χ4n) is 0.212. The molecule has 0 aliphatic rings. The maximum absolute atomic E-state index is 10.1. The molecular formula is C4H7N3O. The lowest BCUT2D eigenvalue weighted by molar-refractivity contribution is -0.118. The standard InChI is InChI=1S/C4H7N3O/c5-1-3(2-6)4(7)8/h1-3,5-6H,(H2,7,8). The highest BCUT2D eigenvalue weighted by molar-refractivity contribution is 6.05. The van der Waals surface area contributed by atoms with Crippen LogP contribution in [0.2, 0.25) is 0 Å². The average molecular weight is 113 g/mol. The molecule has 8 heavy (non-hydrogen) atoms. The van der Waals surface area contributed by atoms with Crippen molar-refractivity contribution in [3.63, 3.8) is 0 Å². The van der Waals surface area contributed by atoms with Crippen LogP contribution in [0.4, 0.5) is 0 Å². The predicted octanol–water partition coefficient (Wildman–Crippen LogP) is -0.613. The SMILES string of the molecule is N=CC(C=N)C(N)=O. The van der Waals surface area contributed by atoms with Crippen LogP contribution in [0.5, 0.6) is 0 Å². The van der Waals surface area contributed by atoms with Crippen LogP contribution in [0.15, 0.2) is 0 Å². The van der Waals surface area contributed by atoms with Crippen LogP contribution in [-0.2, 0) is 4.79 Å². The summed E-state index contributed by atoms with van der Waals surface area (Å²) in [6, 6.07) is 0. The molecule has 0 fully saturated rings. The molecule has 4 nitrogen and oxygen atoms in total. The highest BCUT2D eigenvalue weighted by Gasteiger charge is 2.05. The van der Waals surface area contributed by atoms with Gasteiger partial charge < -0.3 is 16.6 Å². The minimum atomic E-state index is -0.824. The highest BCUT2D eigenvalue weighted by atomic mass is 16.1. The van der Waals surface area contributed by atoms with Crippen LogP contribution in [-0.4, -0.2) is 18.3 Å². The first kappa shape index (κ1) is 6.81. The van der Waals surface area contributed by atoms with Crippen LogP contribution < -0.4 is 5.73 Å². The van der Waals surface area contributed by atoms with Gasteiger partial charge in [0, 0.05) is 12.4 Å². The van der Waals surface area contributed by atoms with Gasteiger partial charge in [0.05, 0.1) is 0 Å². The van der Waals surface area contributed by atoms with Crippen molar-refractivity contribution in [2.45, 2.75) is 0 Å². The first-order valence-corrected chi connectivity index (χ1v) is 2.03. The van der Waals surface area contributed by atoms with E-state index in [4.69, 9.17) is 16.6 Å². The normalized spacial score (nSPS) is 12.0. The number of primary amides is 1. The number of nitrogens with one attached hydrogen (secondary N) is 2. The summed E-state index contributed by atoms with van der Waals surface area (Å²) in [6.07, 6.45) is 1.66. The van der Waals surface area contributed by atoms with Crippen molar-refractivity contribution in [3.05, 3.63) is 0 Å². The molecule has 0 rings (SSSR count). The van der Waals surface area contributed by atoms with Gasteiger partial charge in [-0.25, -0.2) is 0 Å². The van der Waals surface area contributed by atoms with Gasteiger partial charge in [0.25, 0.3) is 0 Å². The van der Waals surface area contributed by atoms with E-state index in [-0.39, 0.29) is 0 Å². The Labute approximate surface area is 46.7 Å². The third-order valence-corrected chi connectivity index (χ3v) is 0.688. The Balaban J connectivity index is 3.88. The zero-order chi connectivity index (χ0) is 6.57. The summed E-state index contributed by atoms with van der Waals surface area (Å²) in [4.78, 5) is 10.1. The van der Waals surface area contributed by atoms with Gasteiger partial charge in [-0.2, -0.15) is 0 Å². The van der Waals surface area contributed by atoms with E-state index >= 15 is 0 Å². The minimum Gasteiger partial charge on any atom is -0.369 e. The van der Waals surface area contributed by atoms with E-state index in [1.54, 1.807) is 0 Å². The monoisotopic (exact) mass is 113 g/mol. The summed E-state index contributed by atoms with van der Waals surface area (Å²) in [7, 11) is 0. The van der Waals surface area contributed by atoms with Crippen molar-refractivity contribution < 1.29 is 4.79 Å². The van der Waals surface area contributed by atoms with E-state index in [1.165, 1.54) is 0 Å². The Morgan fingerprint density at radius 3 is 1.88 bits per heavy atom. The molecule has 44 valence electrons. The number of rotatable bonds is 3. The van der Waals surface area contributed by atoms with E-state index in [0.29, 0.717) is 0 Å². The maximum Gasteiger partial charge on any atom is 0.231 e. The van der Waals surface area contributed by atoms with Gasteiger partial charge in [-0.15, -0.1) is 0 Å². The topological polar surface area (TPSA) is 90.8 Å². The molecule has 0 unspecified atom stereocenters. The third kappa shape index (κ3) is 1.51. The lowest BCUT2D eigenvalue weighted by Crippen LogP contribution is -2.24. The Bertz CT molecular complexity index is 112. The fraction of sp³-hybridized carbons (Fsp3) is 0.250. The second kappa shape index (κ2) is 2.90. The van der Waals surface area contributed by atoms with Crippen LogP contribution in [0.3, 0.4) is 0 Å². The maximum atomic E-state index is 10.1. The summed E-state index contributed by atoms with van der Waals surface area (Å²) in [5.41, 5.74) is 4.72. The van der Waals surface area contributed by atoms with Crippen molar-refractivity contribution in [1.82, 2.24) is 0 Å². The first-order chi connectivity index (χ1) is 3.72. The molecule has 4 heteroatoms. The second-order valence-corrected chi connectivity index (χ2v) is 1.26. The summed E-state index contributed by atoms with van der Waals surface area (Å²) in [5, 5.41) is 13.0. The number of carbonyl (C=O) groups excluding carboxylic acids is 1. The average Bonchev–Trinajstić information content (AvgIpc) is 1.69. The van der Waals surface area contributed by atoms with Gasteiger partial charge in [-0.05, 0) is 0 Å². The molecule has 0 spiro atoms. The minimum absolute atomic E-state index is 0.657. The van der Waals surface area contributed by atoms with Gasteiger partial charge in [0.2, 0.25) is 5.91 Å². The Morgan fingerprint density at radius 1 is 1.50 bits per heavy atom. The zero-order valence-electron chi connectivity index (χ0n) is 4.22. The molecule has 0 aromatic carbocycles. The van der Waals surface area contributed by atoms with Gasteiger partial charge in [0.15, 0.2) is 0 Å². The number of nitrogens with two attached hydrogens (primary N) is 1. The van der Waals surface area contributed by atoms with Crippen LogP contribution in [0.25, 0.3) is 0 Å². The molecule has 0 radical (unpaired) electrons. The van der Waals surface area contributed by atoms with Crippen molar-refractivity contribution >= 4 is 18.3 Å². The predicted molar refractivity (Wildman–Crippen MR) is 30.3 cm³/mol. The summed E-state index contributed by atoms with van der Waals surface area (Å²) < 4.78 is 0. The molecule has 0 heterocycles. The van der Waals surface area contributed by atoms with E-state index < -0.39 is 11.8 Å². The van der Waals surface area contributed by atoms with Gasteiger partial charge >= 0.3 is 0 Å². The Kier molecular flexibility index (Phi) is 2.47. The molecule has 0 bridgehead atoms.